The lowest BCUT2D eigenvalue weighted by molar-refractivity contribution is -0.116. The summed E-state index contributed by atoms with van der Waals surface area (Å²) in [6.45, 7) is 3.97. The molecule has 20 heavy (non-hydrogen) atoms. The van der Waals surface area contributed by atoms with Crippen molar-refractivity contribution < 1.29 is 4.79 Å². The minimum Gasteiger partial charge on any atom is -0.316 e. The zero-order chi connectivity index (χ0) is 14.5. The summed E-state index contributed by atoms with van der Waals surface area (Å²) in [5.74, 6) is 1.94. The van der Waals surface area contributed by atoms with Crippen molar-refractivity contribution >= 4 is 11.6 Å². The van der Waals surface area contributed by atoms with Crippen LogP contribution in [0.3, 0.4) is 0 Å². The van der Waals surface area contributed by atoms with Crippen molar-refractivity contribution in [2.75, 3.05) is 11.9 Å². The zero-order valence-corrected chi connectivity index (χ0v) is 13.1. The highest BCUT2D eigenvalue weighted by atomic mass is 16.2. The number of carbonyl (C=O) groups excluding carboxylic acids is 1. The molecule has 0 radical (unpaired) electrons. The second-order valence-electron chi connectivity index (χ2n) is 6.41. The summed E-state index contributed by atoms with van der Waals surface area (Å²) in [6.07, 6.45) is 8.12. The van der Waals surface area contributed by atoms with Crippen molar-refractivity contribution in [3.63, 3.8) is 0 Å². The highest BCUT2D eigenvalue weighted by molar-refractivity contribution is 5.90. The summed E-state index contributed by atoms with van der Waals surface area (Å²) in [6, 6.07) is 8.44. The molecule has 1 aromatic carbocycles. The Hall–Kier alpha value is -1.31. The highest BCUT2D eigenvalue weighted by Gasteiger charge is 2.17. The number of hydrogen-bond donors (Lipinski definition) is 0. The number of anilines is 1. The van der Waals surface area contributed by atoms with E-state index in [1.165, 1.54) is 44.1 Å². The number of benzene rings is 1. The summed E-state index contributed by atoms with van der Waals surface area (Å²) >= 11 is 0. The quantitative estimate of drug-likeness (QED) is 0.794. The Bertz CT molecular complexity index is 429. The van der Waals surface area contributed by atoms with Gasteiger partial charge in [-0.25, -0.2) is 0 Å². The van der Waals surface area contributed by atoms with Gasteiger partial charge in [0.2, 0.25) is 5.91 Å². The lowest BCUT2D eigenvalue weighted by atomic mass is 9.80. The van der Waals surface area contributed by atoms with E-state index in [2.05, 4.69) is 31.2 Å². The number of nitrogens with zero attached hydrogens (tertiary/aromatic N) is 1. The van der Waals surface area contributed by atoms with Gasteiger partial charge in [-0.1, -0.05) is 44.7 Å². The van der Waals surface area contributed by atoms with Crippen LogP contribution < -0.4 is 4.90 Å². The second kappa shape index (κ2) is 6.92. The maximum absolute atomic E-state index is 11.3. The van der Waals surface area contributed by atoms with E-state index in [-0.39, 0.29) is 5.91 Å². The summed E-state index contributed by atoms with van der Waals surface area (Å²) in [5.41, 5.74) is 2.37. The third kappa shape index (κ3) is 4.09. The monoisotopic (exact) mass is 273 g/mol. The maximum atomic E-state index is 11.3. The third-order valence-corrected chi connectivity index (χ3v) is 4.77. The van der Waals surface area contributed by atoms with Crippen LogP contribution in [0.15, 0.2) is 24.3 Å². The summed E-state index contributed by atoms with van der Waals surface area (Å²) in [7, 11) is 1.82. The Morgan fingerprint density at radius 3 is 2.30 bits per heavy atom. The summed E-state index contributed by atoms with van der Waals surface area (Å²) < 4.78 is 0. The van der Waals surface area contributed by atoms with E-state index >= 15 is 0 Å². The lowest BCUT2D eigenvalue weighted by Gasteiger charge is -2.26. The van der Waals surface area contributed by atoms with E-state index in [0.717, 1.165) is 17.5 Å². The van der Waals surface area contributed by atoms with E-state index in [4.69, 9.17) is 0 Å². The average molecular weight is 273 g/mol. The van der Waals surface area contributed by atoms with E-state index in [0.29, 0.717) is 0 Å². The summed E-state index contributed by atoms with van der Waals surface area (Å²) in [4.78, 5) is 13.0. The Morgan fingerprint density at radius 1 is 1.15 bits per heavy atom. The minimum absolute atomic E-state index is 0.0778. The smallest absolute Gasteiger partial charge is 0.223 e. The Morgan fingerprint density at radius 2 is 1.75 bits per heavy atom. The molecule has 110 valence electrons. The van der Waals surface area contributed by atoms with Gasteiger partial charge in [-0.3, -0.25) is 4.79 Å². The molecule has 1 amide bonds. The van der Waals surface area contributed by atoms with Gasteiger partial charge < -0.3 is 4.90 Å². The molecule has 0 atom stereocenters. The molecule has 0 heterocycles. The van der Waals surface area contributed by atoms with Gasteiger partial charge in [-0.05, 0) is 42.4 Å². The van der Waals surface area contributed by atoms with Gasteiger partial charge in [-0.2, -0.15) is 0 Å². The molecule has 0 N–H and O–H groups in total. The van der Waals surface area contributed by atoms with Crippen LogP contribution in [0.25, 0.3) is 0 Å². The topological polar surface area (TPSA) is 20.3 Å². The number of rotatable bonds is 4. The fraction of sp³-hybridized carbons (Fsp3) is 0.611. The molecule has 1 aliphatic rings. The number of hydrogen-bond acceptors (Lipinski definition) is 1. The fourth-order valence-corrected chi connectivity index (χ4v) is 3.06. The van der Waals surface area contributed by atoms with Crippen LogP contribution >= 0.6 is 0 Å². The van der Waals surface area contributed by atoms with Gasteiger partial charge in [0, 0.05) is 19.7 Å². The molecule has 1 fully saturated rings. The fourth-order valence-electron chi connectivity index (χ4n) is 3.06. The normalized spacial score (nSPS) is 22.6. The molecule has 1 saturated carbocycles. The number of carbonyl (C=O) groups is 1. The van der Waals surface area contributed by atoms with Crippen molar-refractivity contribution in [2.45, 2.75) is 52.4 Å². The SMILES string of the molecule is CC(=O)N(C)c1ccc(CCC2CCC(C)CC2)cc1. The predicted molar refractivity (Wildman–Crippen MR) is 85.0 cm³/mol. The van der Waals surface area contributed by atoms with Crippen LogP contribution in [-0.2, 0) is 11.2 Å². The highest BCUT2D eigenvalue weighted by Crippen LogP contribution is 2.31. The van der Waals surface area contributed by atoms with Crippen molar-refractivity contribution in [3.05, 3.63) is 29.8 Å². The maximum Gasteiger partial charge on any atom is 0.223 e. The van der Waals surface area contributed by atoms with Crippen LogP contribution in [0.1, 0.15) is 51.5 Å². The molecular weight excluding hydrogens is 246 g/mol. The summed E-state index contributed by atoms with van der Waals surface area (Å²) in [5, 5.41) is 0. The van der Waals surface area contributed by atoms with Crippen molar-refractivity contribution in [1.82, 2.24) is 0 Å². The molecular formula is C18H27NO. The standard InChI is InChI=1S/C18H27NO/c1-14-4-6-16(7-5-14)8-9-17-10-12-18(13-11-17)19(3)15(2)20/h10-14,16H,4-9H2,1-3H3. The van der Waals surface area contributed by atoms with E-state index < -0.39 is 0 Å². The average Bonchev–Trinajstić information content (AvgIpc) is 2.46. The Kier molecular flexibility index (Phi) is 5.22. The van der Waals surface area contributed by atoms with Gasteiger partial charge in [0.1, 0.15) is 0 Å². The molecule has 0 aliphatic heterocycles. The zero-order valence-electron chi connectivity index (χ0n) is 13.1. The first-order valence-electron chi connectivity index (χ1n) is 7.89. The minimum atomic E-state index is 0.0778. The second-order valence-corrected chi connectivity index (χ2v) is 6.41. The van der Waals surface area contributed by atoms with Crippen molar-refractivity contribution in [2.24, 2.45) is 11.8 Å². The Labute approximate surface area is 123 Å². The lowest BCUT2D eigenvalue weighted by Crippen LogP contribution is -2.22. The molecule has 0 saturated heterocycles. The van der Waals surface area contributed by atoms with Crippen molar-refractivity contribution in [3.8, 4) is 0 Å². The first kappa shape index (κ1) is 15.1. The molecule has 2 rings (SSSR count). The van der Waals surface area contributed by atoms with E-state index in [1.807, 2.05) is 7.05 Å². The van der Waals surface area contributed by atoms with Crippen LogP contribution in [0, 0.1) is 11.8 Å². The largest absolute Gasteiger partial charge is 0.316 e. The third-order valence-electron chi connectivity index (χ3n) is 4.77. The van der Waals surface area contributed by atoms with Crippen LogP contribution in [0.2, 0.25) is 0 Å². The molecule has 2 heteroatoms. The first-order chi connectivity index (χ1) is 9.56. The van der Waals surface area contributed by atoms with E-state index in [9.17, 15) is 4.79 Å². The predicted octanol–water partition coefficient (Wildman–Crippen LogP) is 4.43. The number of aryl methyl sites for hydroxylation is 1. The molecule has 0 aromatic heterocycles. The van der Waals surface area contributed by atoms with Gasteiger partial charge in [0.25, 0.3) is 0 Å². The molecule has 2 nitrogen and oxygen atoms in total. The van der Waals surface area contributed by atoms with Gasteiger partial charge in [0.15, 0.2) is 0 Å². The molecule has 0 spiro atoms. The van der Waals surface area contributed by atoms with Crippen molar-refractivity contribution in [1.29, 1.82) is 0 Å². The Balaban J connectivity index is 1.83. The molecule has 0 bridgehead atoms. The molecule has 1 aliphatic carbocycles. The molecule has 1 aromatic rings. The van der Waals surface area contributed by atoms with Gasteiger partial charge in [0.05, 0.1) is 0 Å². The first-order valence-corrected chi connectivity index (χ1v) is 7.89. The van der Waals surface area contributed by atoms with E-state index in [1.54, 1.807) is 11.8 Å². The van der Waals surface area contributed by atoms with Crippen LogP contribution in [-0.4, -0.2) is 13.0 Å². The number of amides is 1. The molecule has 0 unspecified atom stereocenters. The van der Waals surface area contributed by atoms with Gasteiger partial charge >= 0.3 is 0 Å². The van der Waals surface area contributed by atoms with Crippen LogP contribution in [0.5, 0.6) is 0 Å². The van der Waals surface area contributed by atoms with Gasteiger partial charge in [-0.15, -0.1) is 0 Å². The van der Waals surface area contributed by atoms with Crippen LogP contribution in [0.4, 0.5) is 5.69 Å².